The molecule has 3 rings (SSSR count). The number of nitrogens with zero attached hydrogens (tertiary/aromatic N) is 2. The zero-order valence-electron chi connectivity index (χ0n) is 12.1. The van der Waals surface area contributed by atoms with Gasteiger partial charge in [-0.2, -0.15) is 0 Å². The van der Waals surface area contributed by atoms with Gasteiger partial charge < -0.3 is 9.80 Å². The Hall–Kier alpha value is -1.91. The molecular formula is C16H19FN2O2. The molecule has 0 spiro atoms. The molecule has 2 atom stereocenters. The fourth-order valence-corrected chi connectivity index (χ4v) is 3.38. The summed E-state index contributed by atoms with van der Waals surface area (Å²) in [5.74, 6) is -0.638. The molecular weight excluding hydrogens is 271 g/mol. The molecule has 5 heteroatoms. The number of halogens is 1. The van der Waals surface area contributed by atoms with E-state index in [2.05, 4.69) is 0 Å². The van der Waals surface area contributed by atoms with Gasteiger partial charge in [0.15, 0.2) is 0 Å². The lowest BCUT2D eigenvalue weighted by Gasteiger charge is -2.27. The third-order valence-corrected chi connectivity index (χ3v) is 4.53. The number of amides is 2. The quantitative estimate of drug-likeness (QED) is 0.835. The molecule has 0 aliphatic carbocycles. The van der Waals surface area contributed by atoms with Gasteiger partial charge in [0.1, 0.15) is 5.82 Å². The van der Waals surface area contributed by atoms with E-state index in [-0.39, 0.29) is 36.0 Å². The number of rotatable bonds is 2. The smallest absolute Gasteiger partial charge is 0.228 e. The third kappa shape index (κ3) is 2.52. The van der Waals surface area contributed by atoms with E-state index in [0.29, 0.717) is 0 Å². The summed E-state index contributed by atoms with van der Waals surface area (Å²) in [6, 6.07) is 5.80. The fraction of sp³-hybridized carbons (Fsp3) is 0.500. The zero-order valence-corrected chi connectivity index (χ0v) is 12.1. The molecule has 0 saturated carbocycles. The minimum absolute atomic E-state index is 0.0260. The Morgan fingerprint density at radius 1 is 1.19 bits per heavy atom. The van der Waals surface area contributed by atoms with Crippen LogP contribution in [0.4, 0.5) is 4.39 Å². The maximum Gasteiger partial charge on any atom is 0.228 e. The molecule has 2 aliphatic rings. The van der Waals surface area contributed by atoms with E-state index in [1.54, 1.807) is 24.1 Å². The average Bonchev–Trinajstić information content (AvgIpc) is 3.09. The van der Waals surface area contributed by atoms with Gasteiger partial charge in [-0.25, -0.2) is 4.39 Å². The summed E-state index contributed by atoms with van der Waals surface area (Å²) in [5.41, 5.74) is 0.822. The monoisotopic (exact) mass is 290 g/mol. The van der Waals surface area contributed by atoms with Crippen LogP contribution in [0, 0.1) is 11.7 Å². The van der Waals surface area contributed by atoms with Gasteiger partial charge in [-0.15, -0.1) is 0 Å². The molecule has 1 aromatic rings. The first-order chi connectivity index (χ1) is 10.1. The Kier molecular flexibility index (Phi) is 3.66. The van der Waals surface area contributed by atoms with Gasteiger partial charge in [0.05, 0.1) is 12.0 Å². The highest BCUT2D eigenvalue weighted by molar-refractivity contribution is 5.90. The Morgan fingerprint density at radius 2 is 1.81 bits per heavy atom. The summed E-state index contributed by atoms with van der Waals surface area (Å²) < 4.78 is 13.1. The normalized spacial score (nSPS) is 25.7. The maximum absolute atomic E-state index is 13.1. The van der Waals surface area contributed by atoms with Gasteiger partial charge in [-0.3, -0.25) is 9.59 Å². The van der Waals surface area contributed by atoms with Crippen LogP contribution in [0.15, 0.2) is 24.3 Å². The Bertz CT molecular complexity index is 552. The van der Waals surface area contributed by atoms with Crippen LogP contribution in [0.25, 0.3) is 0 Å². The Balaban J connectivity index is 1.88. The van der Waals surface area contributed by atoms with E-state index in [1.165, 1.54) is 12.1 Å². The van der Waals surface area contributed by atoms with Gasteiger partial charge in [0, 0.05) is 26.6 Å². The second-order valence-corrected chi connectivity index (χ2v) is 5.84. The molecule has 2 saturated heterocycles. The van der Waals surface area contributed by atoms with Crippen molar-refractivity contribution < 1.29 is 14.0 Å². The molecule has 0 unspecified atom stereocenters. The molecule has 0 aromatic heterocycles. The predicted octanol–water partition coefficient (Wildman–Crippen LogP) is 1.97. The van der Waals surface area contributed by atoms with E-state index >= 15 is 0 Å². The topological polar surface area (TPSA) is 40.6 Å². The minimum Gasteiger partial charge on any atom is -0.342 e. The number of hydrogen-bond donors (Lipinski definition) is 0. The number of carbonyl (C=O) groups excluding carboxylic acids is 2. The molecule has 2 heterocycles. The first-order valence-corrected chi connectivity index (χ1v) is 7.38. The summed E-state index contributed by atoms with van der Waals surface area (Å²) >= 11 is 0. The third-order valence-electron chi connectivity index (χ3n) is 4.53. The van der Waals surface area contributed by atoms with Crippen molar-refractivity contribution in [3.63, 3.8) is 0 Å². The van der Waals surface area contributed by atoms with Gasteiger partial charge in [-0.1, -0.05) is 12.1 Å². The molecule has 1 aromatic carbocycles. The van der Waals surface area contributed by atoms with Crippen LogP contribution in [-0.2, 0) is 9.59 Å². The molecule has 4 nitrogen and oxygen atoms in total. The van der Waals surface area contributed by atoms with Crippen LogP contribution in [0.2, 0.25) is 0 Å². The lowest BCUT2D eigenvalue weighted by molar-refractivity contribution is -0.135. The molecule has 0 N–H and O–H groups in total. The van der Waals surface area contributed by atoms with Crippen LogP contribution in [0.3, 0.4) is 0 Å². The average molecular weight is 290 g/mol. The fourth-order valence-electron chi connectivity index (χ4n) is 3.38. The van der Waals surface area contributed by atoms with Crippen LogP contribution in [-0.4, -0.2) is 41.8 Å². The summed E-state index contributed by atoms with van der Waals surface area (Å²) in [7, 11) is 1.72. The van der Waals surface area contributed by atoms with E-state index in [9.17, 15) is 14.0 Å². The number of benzene rings is 1. The van der Waals surface area contributed by atoms with Crippen molar-refractivity contribution in [2.75, 3.05) is 20.1 Å². The van der Waals surface area contributed by atoms with E-state index in [1.807, 2.05) is 4.90 Å². The lowest BCUT2D eigenvalue weighted by Crippen LogP contribution is -2.36. The number of carbonyl (C=O) groups is 2. The Labute approximate surface area is 123 Å². The maximum atomic E-state index is 13.1. The zero-order chi connectivity index (χ0) is 15.0. The first-order valence-electron chi connectivity index (χ1n) is 7.38. The van der Waals surface area contributed by atoms with Gasteiger partial charge in [0.25, 0.3) is 0 Å². The van der Waals surface area contributed by atoms with Crippen molar-refractivity contribution in [1.29, 1.82) is 0 Å². The van der Waals surface area contributed by atoms with Gasteiger partial charge in [0.2, 0.25) is 11.8 Å². The van der Waals surface area contributed by atoms with Crippen LogP contribution in [0.1, 0.15) is 30.9 Å². The second kappa shape index (κ2) is 5.47. The molecule has 0 radical (unpaired) electrons. The first kappa shape index (κ1) is 14.0. The molecule has 2 aliphatic heterocycles. The predicted molar refractivity (Wildman–Crippen MR) is 75.8 cm³/mol. The van der Waals surface area contributed by atoms with Crippen molar-refractivity contribution in [1.82, 2.24) is 9.80 Å². The van der Waals surface area contributed by atoms with Crippen LogP contribution >= 0.6 is 0 Å². The standard InChI is InChI=1S/C16H19FN2O2/c1-18-14(20)10-13(16(21)19-8-2-3-9-19)15(18)11-4-6-12(17)7-5-11/h4-7,13,15H,2-3,8-10H2,1H3/t13-,15+/m0/s1. The van der Waals surface area contributed by atoms with Crippen molar-refractivity contribution in [2.24, 2.45) is 5.92 Å². The van der Waals surface area contributed by atoms with E-state index in [4.69, 9.17) is 0 Å². The van der Waals surface area contributed by atoms with Crippen molar-refractivity contribution in [2.45, 2.75) is 25.3 Å². The van der Waals surface area contributed by atoms with Gasteiger partial charge in [-0.05, 0) is 30.5 Å². The summed E-state index contributed by atoms with van der Waals surface area (Å²) in [6.45, 7) is 1.56. The highest BCUT2D eigenvalue weighted by Crippen LogP contribution is 2.38. The minimum atomic E-state index is -0.355. The summed E-state index contributed by atoms with van der Waals surface area (Å²) in [4.78, 5) is 28.2. The van der Waals surface area contributed by atoms with E-state index in [0.717, 1.165) is 31.5 Å². The van der Waals surface area contributed by atoms with Crippen LogP contribution < -0.4 is 0 Å². The lowest BCUT2D eigenvalue weighted by atomic mass is 9.92. The Morgan fingerprint density at radius 3 is 2.43 bits per heavy atom. The molecule has 0 bridgehead atoms. The molecule has 2 amide bonds. The second-order valence-electron chi connectivity index (χ2n) is 5.84. The van der Waals surface area contributed by atoms with Gasteiger partial charge >= 0.3 is 0 Å². The number of likely N-dealkylation sites (tertiary alicyclic amines) is 2. The highest BCUT2D eigenvalue weighted by atomic mass is 19.1. The van der Waals surface area contributed by atoms with Crippen molar-refractivity contribution in [3.8, 4) is 0 Å². The summed E-state index contributed by atoms with van der Waals surface area (Å²) in [6.07, 6.45) is 2.31. The van der Waals surface area contributed by atoms with E-state index < -0.39 is 0 Å². The highest BCUT2D eigenvalue weighted by Gasteiger charge is 2.44. The largest absolute Gasteiger partial charge is 0.342 e. The van der Waals surface area contributed by atoms with Crippen molar-refractivity contribution in [3.05, 3.63) is 35.6 Å². The molecule has 21 heavy (non-hydrogen) atoms. The molecule has 2 fully saturated rings. The molecule has 112 valence electrons. The van der Waals surface area contributed by atoms with Crippen molar-refractivity contribution >= 4 is 11.8 Å². The van der Waals surface area contributed by atoms with Crippen LogP contribution in [0.5, 0.6) is 0 Å². The summed E-state index contributed by atoms with van der Waals surface area (Å²) in [5, 5.41) is 0. The number of hydrogen-bond acceptors (Lipinski definition) is 2. The SMILES string of the molecule is CN1C(=O)C[C@H](C(=O)N2CCCC2)[C@H]1c1ccc(F)cc1.